The van der Waals surface area contributed by atoms with Crippen LogP contribution in [0.3, 0.4) is 0 Å². The molecule has 3 nitrogen and oxygen atoms in total. The molecular formula is C11H11BrClN3. The number of rotatable bonds is 2. The maximum absolute atomic E-state index is 5.97. The number of halogens is 2. The molecule has 2 aromatic rings. The van der Waals surface area contributed by atoms with Crippen LogP contribution in [0.15, 0.2) is 18.5 Å². The highest BCUT2D eigenvalue weighted by Gasteiger charge is 2.08. The van der Waals surface area contributed by atoms with Crippen LogP contribution in [0.2, 0.25) is 5.02 Å². The van der Waals surface area contributed by atoms with E-state index in [2.05, 4.69) is 32.1 Å². The Bertz CT molecular complexity index is 502. The van der Waals surface area contributed by atoms with Crippen molar-refractivity contribution in [2.24, 2.45) is 0 Å². The minimum atomic E-state index is 0.658. The van der Waals surface area contributed by atoms with Gasteiger partial charge >= 0.3 is 0 Å². The van der Waals surface area contributed by atoms with Gasteiger partial charge in [-0.2, -0.15) is 5.10 Å². The van der Waals surface area contributed by atoms with Gasteiger partial charge in [0.15, 0.2) is 5.82 Å². The van der Waals surface area contributed by atoms with E-state index in [0.29, 0.717) is 5.02 Å². The highest BCUT2D eigenvalue weighted by atomic mass is 79.9. The molecule has 0 bridgehead atoms. The molecule has 2 rings (SSSR count). The lowest BCUT2D eigenvalue weighted by Gasteiger charge is -2.05. The average Bonchev–Trinajstić information content (AvgIpc) is 2.58. The van der Waals surface area contributed by atoms with E-state index in [4.69, 9.17) is 11.6 Å². The average molecular weight is 301 g/mol. The van der Waals surface area contributed by atoms with Gasteiger partial charge in [0.1, 0.15) is 0 Å². The van der Waals surface area contributed by atoms with Crippen molar-refractivity contribution in [1.82, 2.24) is 14.8 Å². The second-order valence-electron chi connectivity index (χ2n) is 3.62. The fourth-order valence-corrected chi connectivity index (χ4v) is 1.92. The lowest BCUT2D eigenvalue weighted by atomic mass is 10.2. The standard InChI is InChI=1S/C11H11BrClN3/c1-7-3-9(4-12)5-14-11(7)16-6-10(13)8(2)15-16/h3,5-6H,4H2,1-2H3. The van der Waals surface area contributed by atoms with Gasteiger partial charge in [-0.15, -0.1) is 0 Å². The quantitative estimate of drug-likeness (QED) is 0.796. The summed E-state index contributed by atoms with van der Waals surface area (Å²) in [6.45, 7) is 3.89. The van der Waals surface area contributed by atoms with E-state index in [1.807, 2.05) is 20.0 Å². The number of pyridine rings is 1. The van der Waals surface area contributed by atoms with Crippen molar-refractivity contribution in [2.45, 2.75) is 19.2 Å². The minimum Gasteiger partial charge on any atom is -0.237 e. The predicted molar refractivity (Wildman–Crippen MR) is 68.5 cm³/mol. The van der Waals surface area contributed by atoms with Crippen molar-refractivity contribution in [3.63, 3.8) is 0 Å². The SMILES string of the molecule is Cc1cc(CBr)cnc1-n1cc(Cl)c(C)n1. The van der Waals surface area contributed by atoms with Gasteiger partial charge in [-0.05, 0) is 31.0 Å². The molecule has 0 aliphatic rings. The molecule has 0 saturated carbocycles. The third kappa shape index (κ3) is 2.13. The summed E-state index contributed by atoms with van der Waals surface area (Å²) < 4.78 is 1.71. The number of aryl methyl sites for hydroxylation is 2. The first-order valence-electron chi connectivity index (χ1n) is 4.85. The van der Waals surface area contributed by atoms with Crippen molar-refractivity contribution in [3.05, 3.63) is 40.3 Å². The number of alkyl halides is 1. The normalized spacial score (nSPS) is 10.8. The van der Waals surface area contributed by atoms with Gasteiger partial charge in [0.25, 0.3) is 0 Å². The minimum absolute atomic E-state index is 0.658. The summed E-state index contributed by atoms with van der Waals surface area (Å²) in [5.74, 6) is 0.819. The van der Waals surface area contributed by atoms with E-state index < -0.39 is 0 Å². The molecule has 0 fully saturated rings. The maximum Gasteiger partial charge on any atom is 0.156 e. The Balaban J connectivity index is 2.48. The van der Waals surface area contributed by atoms with E-state index in [-0.39, 0.29) is 0 Å². The Morgan fingerprint density at radius 3 is 2.69 bits per heavy atom. The molecular weight excluding hydrogens is 289 g/mol. The predicted octanol–water partition coefficient (Wildman–Crippen LogP) is 3.43. The largest absolute Gasteiger partial charge is 0.237 e. The van der Waals surface area contributed by atoms with Crippen molar-refractivity contribution < 1.29 is 0 Å². The van der Waals surface area contributed by atoms with E-state index >= 15 is 0 Å². The van der Waals surface area contributed by atoms with E-state index in [1.165, 1.54) is 0 Å². The van der Waals surface area contributed by atoms with Gasteiger partial charge in [0.2, 0.25) is 0 Å². The second-order valence-corrected chi connectivity index (χ2v) is 4.59. The van der Waals surface area contributed by atoms with Gasteiger partial charge in [-0.25, -0.2) is 9.67 Å². The number of hydrogen-bond donors (Lipinski definition) is 0. The lowest BCUT2D eigenvalue weighted by Crippen LogP contribution is -2.02. The Labute approximate surface area is 108 Å². The molecule has 0 radical (unpaired) electrons. The van der Waals surface area contributed by atoms with Crippen molar-refractivity contribution in [1.29, 1.82) is 0 Å². The molecule has 5 heteroatoms. The van der Waals surface area contributed by atoms with Crippen molar-refractivity contribution in [3.8, 4) is 5.82 Å². The molecule has 0 N–H and O–H groups in total. The van der Waals surface area contributed by atoms with Crippen LogP contribution in [-0.4, -0.2) is 14.8 Å². The highest BCUT2D eigenvalue weighted by Crippen LogP contribution is 2.18. The zero-order valence-corrected chi connectivity index (χ0v) is 11.4. The molecule has 0 aromatic carbocycles. The first kappa shape index (κ1) is 11.6. The summed E-state index contributed by atoms with van der Waals surface area (Å²) in [4.78, 5) is 4.39. The topological polar surface area (TPSA) is 30.7 Å². The summed E-state index contributed by atoms with van der Waals surface area (Å²) in [6, 6.07) is 2.09. The van der Waals surface area contributed by atoms with E-state index in [9.17, 15) is 0 Å². The van der Waals surface area contributed by atoms with Crippen LogP contribution in [-0.2, 0) is 5.33 Å². The number of nitrogens with zero attached hydrogens (tertiary/aromatic N) is 3. The van der Waals surface area contributed by atoms with Gasteiger partial charge in [0.05, 0.1) is 16.9 Å². The third-order valence-electron chi connectivity index (χ3n) is 2.32. The molecule has 0 spiro atoms. The summed E-state index contributed by atoms with van der Waals surface area (Å²) in [6.07, 6.45) is 3.61. The lowest BCUT2D eigenvalue weighted by molar-refractivity contribution is 0.822. The van der Waals surface area contributed by atoms with E-state index in [1.54, 1.807) is 10.9 Å². The fraction of sp³-hybridized carbons (Fsp3) is 0.273. The Kier molecular flexibility index (Phi) is 3.30. The highest BCUT2D eigenvalue weighted by molar-refractivity contribution is 9.08. The smallest absolute Gasteiger partial charge is 0.156 e. The molecule has 0 atom stereocenters. The molecule has 0 aliphatic heterocycles. The summed E-state index contributed by atoms with van der Waals surface area (Å²) in [5, 5.41) is 5.77. The van der Waals surface area contributed by atoms with Crippen molar-refractivity contribution >= 4 is 27.5 Å². The number of hydrogen-bond acceptors (Lipinski definition) is 2. The van der Waals surface area contributed by atoms with Crippen LogP contribution in [0.5, 0.6) is 0 Å². The molecule has 0 unspecified atom stereocenters. The molecule has 0 amide bonds. The summed E-state index contributed by atoms with van der Waals surface area (Å²) in [7, 11) is 0. The molecule has 2 aromatic heterocycles. The molecule has 2 heterocycles. The second kappa shape index (κ2) is 4.55. The number of aromatic nitrogens is 3. The zero-order chi connectivity index (χ0) is 11.7. The Morgan fingerprint density at radius 1 is 1.44 bits per heavy atom. The third-order valence-corrected chi connectivity index (χ3v) is 3.34. The molecule has 0 aliphatic carbocycles. The van der Waals surface area contributed by atoms with Crippen LogP contribution in [0.25, 0.3) is 5.82 Å². The van der Waals surface area contributed by atoms with Crippen LogP contribution in [0.4, 0.5) is 0 Å². The van der Waals surface area contributed by atoms with Crippen LogP contribution in [0, 0.1) is 13.8 Å². The molecule has 16 heavy (non-hydrogen) atoms. The molecule has 84 valence electrons. The zero-order valence-electron chi connectivity index (χ0n) is 9.04. The van der Waals surface area contributed by atoms with Gasteiger partial charge < -0.3 is 0 Å². The fourth-order valence-electron chi connectivity index (χ4n) is 1.49. The first-order chi connectivity index (χ1) is 7.61. The maximum atomic E-state index is 5.97. The van der Waals surface area contributed by atoms with Gasteiger partial charge in [-0.3, -0.25) is 0 Å². The summed E-state index contributed by atoms with van der Waals surface area (Å²) in [5.41, 5.74) is 3.04. The van der Waals surface area contributed by atoms with Crippen LogP contribution in [0.1, 0.15) is 16.8 Å². The first-order valence-corrected chi connectivity index (χ1v) is 6.35. The Hall–Kier alpha value is -0.870. The van der Waals surface area contributed by atoms with Gasteiger partial charge in [0, 0.05) is 11.5 Å². The van der Waals surface area contributed by atoms with Crippen LogP contribution < -0.4 is 0 Å². The van der Waals surface area contributed by atoms with Crippen LogP contribution >= 0.6 is 27.5 Å². The Morgan fingerprint density at radius 2 is 2.19 bits per heavy atom. The summed E-state index contributed by atoms with van der Waals surface area (Å²) >= 11 is 9.38. The van der Waals surface area contributed by atoms with Gasteiger partial charge in [-0.1, -0.05) is 27.5 Å². The van der Waals surface area contributed by atoms with Crippen molar-refractivity contribution in [2.75, 3.05) is 0 Å². The monoisotopic (exact) mass is 299 g/mol. The molecule has 0 saturated heterocycles. The van der Waals surface area contributed by atoms with E-state index in [0.717, 1.165) is 28.0 Å².